The summed E-state index contributed by atoms with van der Waals surface area (Å²) in [6.45, 7) is 5.94. The van der Waals surface area contributed by atoms with Gasteiger partial charge in [0.05, 0.1) is 0 Å². The molecule has 0 radical (unpaired) electrons. The highest BCUT2D eigenvalue weighted by Gasteiger charge is 2.30. The zero-order valence-electron chi connectivity index (χ0n) is 11.3. The second kappa shape index (κ2) is 5.96. The van der Waals surface area contributed by atoms with E-state index in [4.69, 9.17) is 0 Å². The van der Waals surface area contributed by atoms with Gasteiger partial charge in [0.15, 0.2) is 0 Å². The molecule has 0 aromatic rings. The summed E-state index contributed by atoms with van der Waals surface area (Å²) >= 11 is 0. The highest BCUT2D eigenvalue weighted by molar-refractivity contribution is 5.79. The third kappa shape index (κ3) is 3.29. The van der Waals surface area contributed by atoms with Gasteiger partial charge >= 0.3 is 0 Å². The molecular formula is C14H26N2O. The Morgan fingerprint density at radius 1 is 1.24 bits per heavy atom. The number of Topliss-reactive ketones (excluding diaryl/α,β-unsaturated/α-hetero) is 1. The first kappa shape index (κ1) is 13.0. The summed E-state index contributed by atoms with van der Waals surface area (Å²) in [6, 6.07) is 1.37. The largest absolute Gasteiger partial charge is 0.305 e. The lowest BCUT2D eigenvalue weighted by Crippen LogP contribution is -2.47. The summed E-state index contributed by atoms with van der Waals surface area (Å²) in [5.74, 6) is 0.473. The topological polar surface area (TPSA) is 23.6 Å². The molecule has 2 aliphatic rings. The van der Waals surface area contributed by atoms with Crippen molar-refractivity contribution in [2.24, 2.45) is 0 Å². The van der Waals surface area contributed by atoms with Crippen LogP contribution in [0.4, 0.5) is 0 Å². The Balaban J connectivity index is 1.98. The minimum Gasteiger partial charge on any atom is -0.305 e. The average Bonchev–Trinajstić information content (AvgIpc) is 2.52. The molecule has 0 N–H and O–H groups in total. The van der Waals surface area contributed by atoms with Gasteiger partial charge in [-0.05, 0) is 45.8 Å². The Morgan fingerprint density at radius 2 is 1.94 bits per heavy atom. The molecule has 1 saturated heterocycles. The average molecular weight is 238 g/mol. The summed E-state index contributed by atoms with van der Waals surface area (Å²) in [6.07, 6.45) is 6.32. The summed E-state index contributed by atoms with van der Waals surface area (Å²) in [5.41, 5.74) is 0. The van der Waals surface area contributed by atoms with E-state index in [2.05, 4.69) is 23.8 Å². The van der Waals surface area contributed by atoms with Crippen LogP contribution in [0, 0.1) is 0 Å². The molecule has 2 rings (SSSR count). The van der Waals surface area contributed by atoms with Gasteiger partial charge in [0.25, 0.3) is 0 Å². The molecule has 1 saturated carbocycles. The van der Waals surface area contributed by atoms with Crippen molar-refractivity contribution in [2.45, 2.75) is 57.5 Å². The van der Waals surface area contributed by atoms with Gasteiger partial charge in [0, 0.05) is 31.5 Å². The predicted molar refractivity (Wildman–Crippen MR) is 70.2 cm³/mol. The molecule has 1 atom stereocenters. The van der Waals surface area contributed by atoms with E-state index in [-0.39, 0.29) is 0 Å². The third-order valence-corrected chi connectivity index (χ3v) is 4.40. The lowest BCUT2D eigenvalue weighted by Gasteiger charge is -2.38. The zero-order chi connectivity index (χ0) is 12.3. The van der Waals surface area contributed by atoms with Crippen LogP contribution in [0.2, 0.25) is 0 Å². The first-order valence-corrected chi connectivity index (χ1v) is 7.16. The number of likely N-dealkylation sites (N-methyl/N-ethyl adjacent to an activating group) is 1. The fourth-order valence-electron chi connectivity index (χ4n) is 3.36. The lowest BCUT2D eigenvalue weighted by atomic mass is 9.92. The minimum absolute atomic E-state index is 0.473. The van der Waals surface area contributed by atoms with Gasteiger partial charge < -0.3 is 4.90 Å². The highest BCUT2D eigenvalue weighted by atomic mass is 16.1. The molecule has 1 heterocycles. The van der Waals surface area contributed by atoms with Crippen molar-refractivity contribution in [1.29, 1.82) is 0 Å². The third-order valence-electron chi connectivity index (χ3n) is 4.40. The van der Waals surface area contributed by atoms with Crippen LogP contribution in [-0.4, -0.2) is 54.3 Å². The van der Waals surface area contributed by atoms with Crippen molar-refractivity contribution >= 4 is 5.78 Å². The van der Waals surface area contributed by atoms with Crippen molar-refractivity contribution in [3.63, 3.8) is 0 Å². The molecule has 0 aromatic carbocycles. The Hall–Kier alpha value is -0.410. The molecule has 17 heavy (non-hydrogen) atoms. The van der Waals surface area contributed by atoms with E-state index < -0.39 is 0 Å². The van der Waals surface area contributed by atoms with E-state index in [1.165, 1.54) is 32.5 Å². The van der Waals surface area contributed by atoms with Crippen molar-refractivity contribution in [3.05, 3.63) is 0 Å². The van der Waals surface area contributed by atoms with Crippen LogP contribution in [0.1, 0.15) is 45.4 Å². The monoisotopic (exact) mass is 238 g/mol. The minimum atomic E-state index is 0.473. The molecule has 3 nitrogen and oxygen atoms in total. The van der Waals surface area contributed by atoms with Gasteiger partial charge in [-0.3, -0.25) is 9.69 Å². The summed E-state index contributed by atoms with van der Waals surface area (Å²) in [4.78, 5) is 16.5. The zero-order valence-corrected chi connectivity index (χ0v) is 11.3. The first-order chi connectivity index (χ1) is 8.20. The maximum atomic E-state index is 11.3. The molecular weight excluding hydrogens is 212 g/mol. The van der Waals surface area contributed by atoms with Gasteiger partial charge in [-0.1, -0.05) is 6.92 Å². The van der Waals surface area contributed by atoms with Crippen LogP contribution in [-0.2, 0) is 4.79 Å². The number of ketones is 1. The number of carbonyl (C=O) groups excluding carboxylic acids is 1. The van der Waals surface area contributed by atoms with Gasteiger partial charge in [0.2, 0.25) is 0 Å². The molecule has 1 unspecified atom stereocenters. The van der Waals surface area contributed by atoms with Gasteiger partial charge in [0.1, 0.15) is 5.78 Å². The molecule has 0 spiro atoms. The molecule has 0 amide bonds. The highest BCUT2D eigenvalue weighted by Crippen LogP contribution is 2.25. The summed E-state index contributed by atoms with van der Waals surface area (Å²) in [5, 5.41) is 0. The van der Waals surface area contributed by atoms with Gasteiger partial charge in [-0.25, -0.2) is 0 Å². The molecule has 2 fully saturated rings. The second-order valence-electron chi connectivity index (χ2n) is 5.69. The fraction of sp³-hybridized carbons (Fsp3) is 0.929. The van der Waals surface area contributed by atoms with Crippen LogP contribution in [0.5, 0.6) is 0 Å². The van der Waals surface area contributed by atoms with Crippen LogP contribution in [0.25, 0.3) is 0 Å². The number of hydrogen-bond donors (Lipinski definition) is 0. The van der Waals surface area contributed by atoms with E-state index >= 15 is 0 Å². The van der Waals surface area contributed by atoms with Crippen LogP contribution in [0.3, 0.4) is 0 Å². The van der Waals surface area contributed by atoms with E-state index in [0.717, 1.165) is 25.7 Å². The van der Waals surface area contributed by atoms with E-state index in [1.807, 2.05) is 0 Å². The maximum Gasteiger partial charge on any atom is 0.133 e. The predicted octanol–water partition coefficient (Wildman–Crippen LogP) is 1.91. The van der Waals surface area contributed by atoms with E-state index in [9.17, 15) is 4.79 Å². The van der Waals surface area contributed by atoms with E-state index in [1.54, 1.807) is 0 Å². The molecule has 3 heteroatoms. The lowest BCUT2D eigenvalue weighted by molar-refractivity contribution is -0.121. The number of rotatable bonds is 2. The summed E-state index contributed by atoms with van der Waals surface area (Å²) < 4.78 is 0. The van der Waals surface area contributed by atoms with Crippen LogP contribution < -0.4 is 0 Å². The van der Waals surface area contributed by atoms with Crippen molar-refractivity contribution in [2.75, 3.05) is 26.7 Å². The Kier molecular flexibility index (Phi) is 4.57. The van der Waals surface area contributed by atoms with E-state index in [0.29, 0.717) is 17.9 Å². The van der Waals surface area contributed by atoms with Crippen molar-refractivity contribution in [1.82, 2.24) is 9.80 Å². The molecule has 0 bridgehead atoms. The molecule has 1 aliphatic heterocycles. The first-order valence-electron chi connectivity index (χ1n) is 7.16. The number of carbonyl (C=O) groups is 1. The van der Waals surface area contributed by atoms with Crippen molar-refractivity contribution in [3.8, 4) is 0 Å². The number of nitrogens with zero attached hydrogens (tertiary/aromatic N) is 2. The Labute approximate surface area is 105 Å². The Morgan fingerprint density at radius 3 is 2.59 bits per heavy atom. The summed E-state index contributed by atoms with van der Waals surface area (Å²) in [7, 11) is 2.23. The fourth-order valence-corrected chi connectivity index (χ4v) is 3.36. The van der Waals surface area contributed by atoms with Gasteiger partial charge in [-0.2, -0.15) is 0 Å². The molecule has 98 valence electrons. The normalized spacial score (nSPS) is 30.5. The SMILES string of the molecule is CCC1CN(C)CCCN1C1CCC(=O)CC1. The molecule has 0 aromatic heterocycles. The van der Waals surface area contributed by atoms with Crippen LogP contribution >= 0.6 is 0 Å². The quantitative estimate of drug-likeness (QED) is 0.734. The smallest absolute Gasteiger partial charge is 0.133 e. The van der Waals surface area contributed by atoms with Crippen LogP contribution in [0.15, 0.2) is 0 Å². The Bertz CT molecular complexity index is 257. The van der Waals surface area contributed by atoms with Gasteiger partial charge in [-0.15, -0.1) is 0 Å². The standard InChI is InChI=1S/C14H26N2O/c1-3-12-11-15(2)9-4-10-16(12)13-5-7-14(17)8-6-13/h12-13H,3-11H2,1-2H3. The van der Waals surface area contributed by atoms with Crippen molar-refractivity contribution < 1.29 is 4.79 Å². The second-order valence-corrected chi connectivity index (χ2v) is 5.69. The maximum absolute atomic E-state index is 11.3. The number of hydrogen-bond acceptors (Lipinski definition) is 3. The molecule has 1 aliphatic carbocycles.